The molecule has 2 rings (SSSR count). The highest BCUT2D eigenvalue weighted by atomic mass is 16.5. The van der Waals surface area contributed by atoms with E-state index in [1.165, 1.54) is 32.0 Å². The lowest BCUT2D eigenvalue weighted by Gasteiger charge is -2.27. The number of carbonyl (C=O) groups is 1. The van der Waals surface area contributed by atoms with Crippen LogP contribution in [0.3, 0.4) is 0 Å². The number of aliphatic carboxylic acids is 1. The van der Waals surface area contributed by atoms with Crippen LogP contribution in [0.5, 0.6) is 11.5 Å². The normalized spacial score (nSPS) is 20.9. The molecule has 1 aromatic rings. The number of ether oxygens (including phenoxy) is 2. The molecule has 0 unspecified atom stereocenters. The molecule has 5 heteroatoms. The Morgan fingerprint density at radius 1 is 1.29 bits per heavy atom. The molecule has 0 spiro atoms. The first-order chi connectivity index (χ1) is 11.6. The van der Waals surface area contributed by atoms with Crippen molar-refractivity contribution < 1.29 is 24.3 Å². The molecule has 0 saturated carbocycles. The number of likely N-dealkylation sites (tertiary alicyclic amines) is 1. The third-order valence-electron chi connectivity index (χ3n) is 4.37. The summed E-state index contributed by atoms with van der Waals surface area (Å²) in [5.74, 6) is 0.973. The number of carboxylic acids is 1. The summed E-state index contributed by atoms with van der Waals surface area (Å²) in [6, 6.07) is 5.42. The van der Waals surface area contributed by atoms with Gasteiger partial charge < -0.3 is 24.3 Å². The van der Waals surface area contributed by atoms with Gasteiger partial charge in [0.25, 0.3) is 0 Å². The maximum atomic E-state index is 10.5. The van der Waals surface area contributed by atoms with Crippen molar-refractivity contribution >= 4 is 12.0 Å². The standard InChI is InChI=1S/C19H27NO4/c1-3-23-18-14-16(5-7-19(21)22)4-6-17(18)24-13-12-20-10-8-15(2)9-11-20/h4-7,14-15H,3,8-13H2,1-2H3,(H,21,22)/b7-5+. The Kier molecular flexibility index (Phi) is 7.12. The van der Waals surface area contributed by atoms with Crippen LogP contribution in [-0.4, -0.2) is 38.8 Å². The van der Waals surface area contributed by atoms with E-state index in [1.807, 2.05) is 19.1 Å². The van der Waals surface area contributed by atoms with Crippen molar-refractivity contribution in [3.63, 3.8) is 0 Å². The topological polar surface area (TPSA) is 63.0 Å². The average molecular weight is 333 g/mol. The lowest BCUT2D eigenvalue weighted by Crippen LogP contribution is -3.13. The van der Waals surface area contributed by atoms with Crippen LogP contribution in [0.25, 0.3) is 6.08 Å². The van der Waals surface area contributed by atoms with E-state index in [0.717, 1.165) is 24.1 Å². The van der Waals surface area contributed by atoms with Gasteiger partial charge >= 0.3 is 0 Å². The Morgan fingerprint density at radius 3 is 2.71 bits per heavy atom. The molecular formula is C19H27NO4. The molecule has 0 bridgehead atoms. The summed E-state index contributed by atoms with van der Waals surface area (Å²) in [6.45, 7) is 8.83. The number of hydrogen-bond donors (Lipinski definition) is 1. The maximum absolute atomic E-state index is 10.5. The number of rotatable bonds is 8. The van der Waals surface area contributed by atoms with Crippen LogP contribution in [0.1, 0.15) is 32.3 Å². The van der Waals surface area contributed by atoms with E-state index in [2.05, 4.69) is 6.92 Å². The molecule has 132 valence electrons. The zero-order chi connectivity index (χ0) is 17.4. The van der Waals surface area contributed by atoms with Crippen molar-refractivity contribution in [1.82, 2.24) is 0 Å². The molecule has 1 fully saturated rings. The SMILES string of the molecule is CCOc1cc(/C=C/C(=O)[O-])ccc1OCC[NH+]1CCC(C)CC1. The fourth-order valence-corrected chi connectivity index (χ4v) is 2.91. The number of carbonyl (C=O) groups excluding carboxylic acids is 1. The molecule has 0 amide bonds. The van der Waals surface area contributed by atoms with E-state index in [9.17, 15) is 9.90 Å². The smallest absolute Gasteiger partial charge is 0.161 e. The summed E-state index contributed by atoms with van der Waals surface area (Å²) in [5, 5.41) is 10.5. The molecule has 1 aromatic carbocycles. The van der Waals surface area contributed by atoms with Crippen LogP contribution in [0.4, 0.5) is 0 Å². The van der Waals surface area contributed by atoms with Gasteiger partial charge in [-0.15, -0.1) is 0 Å². The summed E-state index contributed by atoms with van der Waals surface area (Å²) in [7, 11) is 0. The van der Waals surface area contributed by atoms with Gasteiger partial charge in [-0.25, -0.2) is 0 Å². The third-order valence-corrected chi connectivity index (χ3v) is 4.37. The van der Waals surface area contributed by atoms with E-state index in [-0.39, 0.29) is 0 Å². The lowest BCUT2D eigenvalue weighted by molar-refractivity contribution is -0.906. The largest absolute Gasteiger partial charge is 0.545 e. The Balaban J connectivity index is 1.92. The fourth-order valence-electron chi connectivity index (χ4n) is 2.91. The molecule has 1 aliphatic rings. The van der Waals surface area contributed by atoms with E-state index in [0.29, 0.717) is 24.7 Å². The highest BCUT2D eigenvalue weighted by molar-refractivity contribution is 5.83. The molecule has 1 aliphatic heterocycles. The summed E-state index contributed by atoms with van der Waals surface area (Å²) in [4.78, 5) is 12.1. The molecule has 1 saturated heterocycles. The number of carboxylic acid groups (broad SMARTS) is 1. The van der Waals surface area contributed by atoms with Crippen LogP contribution in [0.15, 0.2) is 24.3 Å². The van der Waals surface area contributed by atoms with Gasteiger partial charge in [0, 0.05) is 0 Å². The first-order valence-electron chi connectivity index (χ1n) is 8.70. The van der Waals surface area contributed by atoms with Crippen molar-refractivity contribution in [2.24, 2.45) is 5.92 Å². The fraction of sp³-hybridized carbons (Fsp3) is 0.526. The Labute approximate surface area is 143 Å². The second kappa shape index (κ2) is 9.33. The molecule has 0 aliphatic carbocycles. The third kappa shape index (κ3) is 5.89. The number of benzene rings is 1. The van der Waals surface area contributed by atoms with E-state index < -0.39 is 5.97 Å². The van der Waals surface area contributed by atoms with Crippen molar-refractivity contribution in [3.05, 3.63) is 29.8 Å². The van der Waals surface area contributed by atoms with E-state index in [1.54, 1.807) is 11.0 Å². The minimum absolute atomic E-state index is 0.527. The molecule has 5 nitrogen and oxygen atoms in total. The van der Waals surface area contributed by atoms with Crippen LogP contribution < -0.4 is 19.5 Å². The van der Waals surface area contributed by atoms with Crippen molar-refractivity contribution in [1.29, 1.82) is 0 Å². The Morgan fingerprint density at radius 2 is 2.04 bits per heavy atom. The molecular weight excluding hydrogens is 306 g/mol. The second-order valence-electron chi connectivity index (χ2n) is 6.32. The molecule has 0 aromatic heterocycles. The molecule has 1 N–H and O–H groups in total. The summed E-state index contributed by atoms with van der Waals surface area (Å²) in [6.07, 6.45) is 5.07. The quantitative estimate of drug-likeness (QED) is 0.706. The van der Waals surface area contributed by atoms with Crippen LogP contribution in [-0.2, 0) is 4.79 Å². The van der Waals surface area contributed by atoms with Gasteiger partial charge in [-0.05, 0) is 49.5 Å². The van der Waals surface area contributed by atoms with Gasteiger partial charge in [0.1, 0.15) is 13.2 Å². The highest BCUT2D eigenvalue weighted by Gasteiger charge is 2.18. The summed E-state index contributed by atoms with van der Waals surface area (Å²) < 4.78 is 11.5. The van der Waals surface area contributed by atoms with E-state index in [4.69, 9.17) is 9.47 Å². The second-order valence-corrected chi connectivity index (χ2v) is 6.32. The van der Waals surface area contributed by atoms with Gasteiger partial charge in [0.15, 0.2) is 11.5 Å². The summed E-state index contributed by atoms with van der Waals surface area (Å²) in [5.41, 5.74) is 0.741. The monoisotopic (exact) mass is 333 g/mol. The average Bonchev–Trinajstić information content (AvgIpc) is 2.56. The van der Waals surface area contributed by atoms with Crippen molar-refractivity contribution in [2.75, 3.05) is 32.8 Å². The zero-order valence-electron chi connectivity index (χ0n) is 14.5. The Hall–Kier alpha value is -2.01. The molecule has 0 atom stereocenters. The van der Waals surface area contributed by atoms with Gasteiger partial charge in [-0.2, -0.15) is 0 Å². The van der Waals surface area contributed by atoms with Gasteiger partial charge in [-0.1, -0.05) is 19.1 Å². The highest BCUT2D eigenvalue weighted by Crippen LogP contribution is 2.28. The first-order valence-corrected chi connectivity index (χ1v) is 8.70. The molecule has 1 heterocycles. The zero-order valence-corrected chi connectivity index (χ0v) is 14.5. The van der Waals surface area contributed by atoms with Crippen LogP contribution >= 0.6 is 0 Å². The molecule has 0 radical (unpaired) electrons. The minimum atomic E-state index is -1.22. The van der Waals surface area contributed by atoms with Gasteiger partial charge in [0.2, 0.25) is 0 Å². The minimum Gasteiger partial charge on any atom is -0.545 e. The lowest BCUT2D eigenvalue weighted by atomic mass is 9.99. The van der Waals surface area contributed by atoms with Gasteiger partial charge in [0.05, 0.1) is 25.7 Å². The maximum Gasteiger partial charge on any atom is 0.161 e. The number of hydrogen-bond acceptors (Lipinski definition) is 4. The van der Waals surface area contributed by atoms with Crippen molar-refractivity contribution in [3.8, 4) is 11.5 Å². The Bertz CT molecular complexity index is 562. The predicted octanol–water partition coefficient (Wildman–Crippen LogP) is 0.542. The van der Waals surface area contributed by atoms with Crippen molar-refractivity contribution in [2.45, 2.75) is 26.7 Å². The van der Waals surface area contributed by atoms with Crippen LogP contribution in [0.2, 0.25) is 0 Å². The first kappa shape index (κ1) is 18.3. The predicted molar refractivity (Wildman–Crippen MR) is 91.1 cm³/mol. The summed E-state index contributed by atoms with van der Waals surface area (Å²) >= 11 is 0. The van der Waals surface area contributed by atoms with Crippen LogP contribution in [0, 0.1) is 5.92 Å². The molecule has 24 heavy (non-hydrogen) atoms. The number of nitrogens with one attached hydrogen (secondary N) is 1. The number of quaternary nitrogens is 1. The van der Waals surface area contributed by atoms with E-state index >= 15 is 0 Å². The number of piperidine rings is 1. The van der Waals surface area contributed by atoms with Gasteiger partial charge in [-0.3, -0.25) is 0 Å².